The Kier molecular flexibility index (Phi) is 12.2. The summed E-state index contributed by atoms with van der Waals surface area (Å²) in [7, 11) is 0. The van der Waals surface area contributed by atoms with Gasteiger partial charge in [-0.1, -0.05) is 37.3 Å². The number of anilines is 2. The van der Waals surface area contributed by atoms with Gasteiger partial charge in [0.1, 0.15) is 18.5 Å². The average molecular weight is 875 g/mol. The van der Waals surface area contributed by atoms with Crippen molar-refractivity contribution < 1.29 is 42.9 Å². The lowest BCUT2D eigenvalue weighted by Gasteiger charge is -2.36. The number of nitrogens with two attached hydrogens (primary N) is 1. The second-order valence-corrected chi connectivity index (χ2v) is 16.1. The van der Waals surface area contributed by atoms with Gasteiger partial charge in [0.05, 0.1) is 35.6 Å². The first-order chi connectivity index (χ1) is 30.7. The summed E-state index contributed by atoms with van der Waals surface area (Å²) in [5, 5.41) is 20.0. The number of ether oxygens (including phenoxy) is 2. The summed E-state index contributed by atoms with van der Waals surface area (Å²) < 4.78 is 26.4. The van der Waals surface area contributed by atoms with E-state index in [1.165, 1.54) is 6.07 Å². The van der Waals surface area contributed by atoms with Gasteiger partial charge in [-0.2, -0.15) is 0 Å². The number of benzene rings is 3. The molecular weight excluding hydrogens is 828 g/mol. The highest BCUT2D eigenvalue weighted by Crippen LogP contribution is 2.41. The van der Waals surface area contributed by atoms with E-state index in [2.05, 4.69) is 30.5 Å². The fraction of sp³-hybridized carbons (Fsp3) is 0.326. The van der Waals surface area contributed by atoms with Gasteiger partial charge in [0.2, 0.25) is 11.8 Å². The zero-order valence-electron chi connectivity index (χ0n) is 35.2. The molecule has 5 aromatic rings. The molecule has 5 heterocycles. The molecule has 1 fully saturated rings. The van der Waals surface area contributed by atoms with Gasteiger partial charge in [0, 0.05) is 73.1 Å². The highest BCUT2D eigenvalue weighted by atomic mass is 19.1. The number of carbonyl (C=O) groups is 5. The molecule has 0 radical (unpaired) electrons. The van der Waals surface area contributed by atoms with Crippen LogP contribution in [-0.4, -0.2) is 94.7 Å². The maximum Gasteiger partial charge on any atom is 0.405 e. The predicted molar refractivity (Wildman–Crippen MR) is 232 cm³/mol. The van der Waals surface area contributed by atoms with Gasteiger partial charge in [-0.05, 0) is 66.4 Å². The van der Waals surface area contributed by atoms with E-state index in [9.17, 15) is 33.9 Å². The molecule has 0 saturated carbocycles. The van der Waals surface area contributed by atoms with Crippen molar-refractivity contribution in [2.75, 3.05) is 49.5 Å². The maximum absolute atomic E-state index is 15.0. The van der Waals surface area contributed by atoms with Crippen LogP contribution in [0.25, 0.3) is 22.3 Å². The Labute approximate surface area is 366 Å². The van der Waals surface area contributed by atoms with Crippen LogP contribution in [-0.2, 0) is 60.4 Å². The Morgan fingerprint density at radius 1 is 0.984 bits per heavy atom. The van der Waals surface area contributed by atoms with Crippen molar-refractivity contribution in [3.05, 3.63) is 122 Å². The number of hydrogen-bond donors (Lipinski definition) is 5. The second-order valence-electron chi connectivity index (χ2n) is 16.1. The average Bonchev–Trinajstić information content (AvgIpc) is 3.66. The Balaban J connectivity index is 0.911. The van der Waals surface area contributed by atoms with Crippen LogP contribution in [0, 0.1) is 12.7 Å². The Bertz CT molecular complexity index is 2740. The monoisotopic (exact) mass is 874 g/mol. The highest BCUT2D eigenvalue weighted by Gasteiger charge is 2.45. The first kappa shape index (κ1) is 43.5. The molecule has 1 saturated heterocycles. The van der Waals surface area contributed by atoms with Gasteiger partial charge < -0.3 is 45.7 Å². The lowest BCUT2D eigenvalue weighted by molar-refractivity contribution is -0.172. The quantitative estimate of drug-likeness (QED) is 0.106. The largest absolute Gasteiger partial charge is 0.458 e. The van der Waals surface area contributed by atoms with E-state index < -0.39 is 53.9 Å². The van der Waals surface area contributed by atoms with E-state index in [4.69, 9.17) is 15.5 Å². The van der Waals surface area contributed by atoms with E-state index >= 15 is 4.39 Å². The van der Waals surface area contributed by atoms with Crippen LogP contribution in [0.3, 0.4) is 0 Å². The van der Waals surface area contributed by atoms with Crippen molar-refractivity contribution in [1.82, 2.24) is 25.1 Å². The van der Waals surface area contributed by atoms with Crippen molar-refractivity contribution in [1.29, 1.82) is 0 Å². The van der Waals surface area contributed by atoms with Gasteiger partial charge >= 0.3 is 12.1 Å². The summed E-state index contributed by atoms with van der Waals surface area (Å²) >= 11 is 0. The van der Waals surface area contributed by atoms with E-state index in [1.54, 1.807) is 66.9 Å². The molecule has 0 aliphatic carbocycles. The van der Waals surface area contributed by atoms with E-state index in [0.29, 0.717) is 60.9 Å². The summed E-state index contributed by atoms with van der Waals surface area (Å²) in [5.74, 6) is -3.02. The molecule has 3 aromatic carbocycles. The molecule has 2 aromatic heterocycles. The third-order valence-electron chi connectivity index (χ3n) is 12.1. The summed E-state index contributed by atoms with van der Waals surface area (Å²) in [6, 6.07) is 20.1. The topological polar surface area (TPSA) is 228 Å². The molecule has 0 bridgehead atoms. The number of nitrogens with zero attached hydrogens (tertiary/aromatic N) is 4. The highest BCUT2D eigenvalue weighted by molar-refractivity contribution is 5.96. The molecular formula is C46H47FN8O9. The second kappa shape index (κ2) is 17.9. The number of piperazine rings is 1. The molecule has 3 aliphatic rings. The number of pyridine rings is 2. The standard InChI is InChI=1S/C46H47FN8O9/c1-3-46(62)34-19-38-41-32(23-55(38)43(59)33(34)24-63-44(46)60)31(30-17-26(2)35(47)20-36(30)52-41)22-53-13-15-54(16-14-53)29-11-9-28(10-12-29)50-39(56)21-49-42(58)37(18-27-7-5-4-6-8-27)51-40(57)25-64-45(48)61/h4-12,17,19-20,37,62H,3,13-16,18,21-25H2,1-2H3,(H2,48,61)(H,49,58)(H,50,56)(H,51,57)/t37-,46-/m0/s1. The van der Waals surface area contributed by atoms with Crippen LogP contribution >= 0.6 is 0 Å². The van der Waals surface area contributed by atoms with E-state index in [0.717, 1.165) is 27.8 Å². The predicted octanol–water partition coefficient (Wildman–Crippen LogP) is 2.73. The molecule has 3 aliphatic heterocycles. The maximum atomic E-state index is 15.0. The first-order valence-corrected chi connectivity index (χ1v) is 20.9. The number of aryl methyl sites for hydroxylation is 1. The first-order valence-electron chi connectivity index (χ1n) is 20.9. The zero-order valence-corrected chi connectivity index (χ0v) is 35.2. The number of nitrogens with one attached hydrogen (secondary N) is 3. The number of esters is 1. The van der Waals surface area contributed by atoms with Crippen molar-refractivity contribution in [3.63, 3.8) is 0 Å². The third-order valence-corrected chi connectivity index (χ3v) is 12.1. The molecule has 332 valence electrons. The van der Waals surface area contributed by atoms with Gasteiger partial charge in [-0.25, -0.2) is 19.0 Å². The van der Waals surface area contributed by atoms with Gasteiger partial charge in [-0.15, -0.1) is 0 Å². The van der Waals surface area contributed by atoms with Crippen LogP contribution < -0.4 is 32.1 Å². The van der Waals surface area contributed by atoms with Crippen molar-refractivity contribution in [2.45, 2.75) is 58.0 Å². The van der Waals surface area contributed by atoms with Crippen molar-refractivity contribution in [2.24, 2.45) is 5.73 Å². The smallest absolute Gasteiger partial charge is 0.405 e. The Hall–Kier alpha value is -7.18. The normalized spacial score (nSPS) is 17.1. The minimum atomic E-state index is -1.97. The minimum absolute atomic E-state index is 0.0186. The van der Waals surface area contributed by atoms with Crippen molar-refractivity contribution in [3.8, 4) is 11.4 Å². The molecule has 2 atom stereocenters. The molecule has 18 heteroatoms. The summed E-state index contributed by atoms with van der Waals surface area (Å²) in [6.07, 6.45) is -0.984. The van der Waals surface area contributed by atoms with E-state index in [1.807, 2.05) is 18.2 Å². The molecule has 6 N–H and O–H groups in total. The number of fused-ring (bicyclic) bond motifs is 5. The SMILES string of the molecule is CC[C@@]1(O)C(=O)OCc2c1cc1n(c2=O)Cc2c-1nc1cc(F)c(C)cc1c2CN1CCN(c2ccc(NC(=O)CNC(=O)[C@H](Cc3ccccc3)NC(=O)COC(N)=O)cc2)CC1. The number of amides is 4. The van der Waals surface area contributed by atoms with Crippen LogP contribution in [0.5, 0.6) is 0 Å². The third kappa shape index (κ3) is 8.74. The molecule has 8 rings (SSSR count). The number of cyclic esters (lactones) is 1. The fourth-order valence-electron chi connectivity index (χ4n) is 8.54. The van der Waals surface area contributed by atoms with Gasteiger partial charge in [0.15, 0.2) is 12.2 Å². The molecule has 17 nitrogen and oxygen atoms in total. The summed E-state index contributed by atoms with van der Waals surface area (Å²) in [6.45, 7) is 5.56. The number of primary amides is 1. The zero-order chi connectivity index (χ0) is 45.3. The number of carbonyl (C=O) groups excluding carboxylic acids is 5. The van der Waals surface area contributed by atoms with Crippen LogP contribution in [0.4, 0.5) is 20.6 Å². The van der Waals surface area contributed by atoms with Crippen LogP contribution in [0.15, 0.2) is 77.6 Å². The van der Waals surface area contributed by atoms with Gasteiger partial charge in [-0.3, -0.25) is 24.1 Å². The number of rotatable bonds is 13. The van der Waals surface area contributed by atoms with Gasteiger partial charge in [0.25, 0.3) is 11.5 Å². The number of aromatic nitrogens is 2. The molecule has 64 heavy (non-hydrogen) atoms. The minimum Gasteiger partial charge on any atom is -0.458 e. The Morgan fingerprint density at radius 3 is 2.42 bits per heavy atom. The molecule has 4 amide bonds. The number of hydrogen-bond acceptors (Lipinski definition) is 12. The molecule has 0 unspecified atom stereocenters. The lowest BCUT2D eigenvalue weighted by atomic mass is 9.86. The van der Waals surface area contributed by atoms with Crippen LogP contribution in [0.1, 0.15) is 46.7 Å². The fourth-order valence-corrected chi connectivity index (χ4v) is 8.54. The number of halogens is 1. The van der Waals surface area contributed by atoms with E-state index in [-0.39, 0.29) is 49.2 Å². The Morgan fingerprint density at radius 2 is 1.72 bits per heavy atom. The number of aliphatic hydroxyl groups is 1. The lowest BCUT2D eigenvalue weighted by Crippen LogP contribution is -2.50. The van der Waals surface area contributed by atoms with Crippen molar-refractivity contribution >= 4 is 52.1 Å². The summed E-state index contributed by atoms with van der Waals surface area (Å²) in [4.78, 5) is 85.3. The summed E-state index contributed by atoms with van der Waals surface area (Å²) in [5.41, 5.74) is 8.93. The molecule has 0 spiro atoms. The van der Waals surface area contributed by atoms with Crippen LogP contribution in [0.2, 0.25) is 0 Å².